The number of aryl methyl sites for hydroxylation is 1. The summed E-state index contributed by atoms with van der Waals surface area (Å²) < 4.78 is 0. The summed E-state index contributed by atoms with van der Waals surface area (Å²) >= 11 is 0. The number of phenolic OH excluding ortho intramolecular Hbond substituents is 2. The molecule has 0 atom stereocenters. The van der Waals surface area contributed by atoms with E-state index >= 15 is 0 Å². The smallest absolute Gasteiger partial charge is 0.157 e. The lowest BCUT2D eigenvalue weighted by atomic mass is 10.2. The molecule has 0 radical (unpaired) electrons. The molecule has 0 aliphatic carbocycles. The van der Waals surface area contributed by atoms with Gasteiger partial charge in [-0.2, -0.15) is 0 Å². The van der Waals surface area contributed by atoms with Crippen molar-refractivity contribution in [2.45, 2.75) is 6.92 Å². The fourth-order valence-corrected chi connectivity index (χ4v) is 0.633. The topological polar surface area (TPSA) is 75.5 Å². The van der Waals surface area contributed by atoms with Crippen molar-refractivity contribution in [2.24, 2.45) is 0 Å². The normalized spacial score (nSPS) is 8.50. The highest BCUT2D eigenvalue weighted by Crippen LogP contribution is 2.23. The van der Waals surface area contributed by atoms with Gasteiger partial charge < -0.3 is 16.4 Å². The van der Waals surface area contributed by atoms with Crippen molar-refractivity contribution >= 4 is 0 Å². The second-order valence-electron chi connectivity index (χ2n) is 1.99. The Morgan fingerprint density at radius 3 is 2.10 bits per heavy atom. The zero-order valence-electron chi connectivity index (χ0n) is 5.83. The molecule has 0 fully saturated rings. The minimum absolute atomic E-state index is 0. The summed E-state index contributed by atoms with van der Waals surface area (Å²) in [6.07, 6.45) is 0. The zero-order chi connectivity index (χ0) is 6.85. The van der Waals surface area contributed by atoms with Gasteiger partial charge in [0.1, 0.15) is 0 Å². The fraction of sp³-hybridized carbons (Fsp3) is 0.143. The fourth-order valence-electron chi connectivity index (χ4n) is 0.633. The molecule has 0 bridgehead atoms. The Bertz CT molecular complexity index is 223. The predicted molar refractivity (Wildman–Crippen MR) is 39.5 cm³/mol. The molecule has 0 saturated heterocycles. The average molecular weight is 141 g/mol. The van der Waals surface area contributed by atoms with E-state index in [4.69, 9.17) is 10.2 Å². The van der Waals surface area contributed by atoms with Crippen LogP contribution in [-0.4, -0.2) is 10.2 Å². The molecule has 3 heteroatoms. The number of aromatic hydroxyl groups is 2. The van der Waals surface area contributed by atoms with E-state index in [0.717, 1.165) is 5.56 Å². The third kappa shape index (κ3) is 1.63. The summed E-state index contributed by atoms with van der Waals surface area (Å²) in [6, 6.07) is 4.70. The standard InChI is InChI=1S/C7H8O2.H3N/c1-5-2-3-6(8)7(9)4-5;/h2-4,8-9H,1H3;1H3. The molecule has 0 aliphatic heterocycles. The van der Waals surface area contributed by atoms with Crippen LogP contribution in [0.5, 0.6) is 11.5 Å². The van der Waals surface area contributed by atoms with Gasteiger partial charge in [0.05, 0.1) is 0 Å². The van der Waals surface area contributed by atoms with Crippen LogP contribution in [0.25, 0.3) is 0 Å². The van der Waals surface area contributed by atoms with E-state index in [2.05, 4.69) is 0 Å². The van der Waals surface area contributed by atoms with Crippen molar-refractivity contribution in [3.8, 4) is 11.5 Å². The molecule has 3 nitrogen and oxygen atoms in total. The van der Waals surface area contributed by atoms with Crippen molar-refractivity contribution < 1.29 is 10.2 Å². The van der Waals surface area contributed by atoms with Crippen molar-refractivity contribution in [1.82, 2.24) is 6.15 Å². The summed E-state index contributed by atoms with van der Waals surface area (Å²) in [7, 11) is 0. The first-order valence-electron chi connectivity index (χ1n) is 2.69. The minimum Gasteiger partial charge on any atom is -0.504 e. The van der Waals surface area contributed by atoms with Crippen LogP contribution in [0.15, 0.2) is 18.2 Å². The van der Waals surface area contributed by atoms with Gasteiger partial charge in [0.15, 0.2) is 11.5 Å². The molecule has 0 spiro atoms. The lowest BCUT2D eigenvalue weighted by molar-refractivity contribution is 0.403. The Kier molecular flexibility index (Phi) is 2.70. The van der Waals surface area contributed by atoms with Crippen LogP contribution in [0.1, 0.15) is 5.56 Å². The van der Waals surface area contributed by atoms with E-state index in [1.54, 1.807) is 6.07 Å². The highest BCUT2D eigenvalue weighted by Gasteiger charge is 1.94. The average Bonchev–Trinajstić information content (AvgIpc) is 1.80. The molecular formula is C7H11NO2. The third-order valence-corrected chi connectivity index (χ3v) is 1.13. The first kappa shape index (κ1) is 8.78. The molecule has 1 aromatic rings. The molecule has 0 aliphatic rings. The summed E-state index contributed by atoms with van der Waals surface area (Å²) in [5.74, 6) is -0.129. The zero-order valence-corrected chi connectivity index (χ0v) is 5.83. The van der Waals surface area contributed by atoms with Gasteiger partial charge in [-0.1, -0.05) is 6.07 Å². The maximum atomic E-state index is 8.85. The highest BCUT2D eigenvalue weighted by molar-refractivity contribution is 5.39. The molecule has 1 aromatic carbocycles. The van der Waals surface area contributed by atoms with Crippen molar-refractivity contribution in [3.05, 3.63) is 23.8 Å². The van der Waals surface area contributed by atoms with E-state index < -0.39 is 0 Å². The van der Waals surface area contributed by atoms with Crippen molar-refractivity contribution in [1.29, 1.82) is 0 Å². The summed E-state index contributed by atoms with van der Waals surface area (Å²) in [6.45, 7) is 1.85. The second-order valence-corrected chi connectivity index (χ2v) is 1.99. The van der Waals surface area contributed by atoms with Gasteiger partial charge in [-0.25, -0.2) is 0 Å². The first-order chi connectivity index (χ1) is 4.20. The molecule has 5 N–H and O–H groups in total. The second kappa shape index (κ2) is 3.08. The van der Waals surface area contributed by atoms with Gasteiger partial charge in [0, 0.05) is 0 Å². The number of hydrogen-bond donors (Lipinski definition) is 3. The Hall–Kier alpha value is -1.22. The predicted octanol–water partition coefficient (Wildman–Crippen LogP) is 1.57. The van der Waals surface area contributed by atoms with E-state index in [1.165, 1.54) is 12.1 Å². The Morgan fingerprint density at radius 2 is 1.70 bits per heavy atom. The number of rotatable bonds is 0. The molecule has 1 rings (SSSR count). The summed E-state index contributed by atoms with van der Waals surface area (Å²) in [5.41, 5.74) is 0.935. The van der Waals surface area contributed by atoms with Crippen molar-refractivity contribution in [3.63, 3.8) is 0 Å². The Labute approximate surface area is 59.5 Å². The monoisotopic (exact) mass is 141 g/mol. The van der Waals surface area contributed by atoms with Crippen LogP contribution in [-0.2, 0) is 0 Å². The van der Waals surface area contributed by atoms with E-state index in [9.17, 15) is 0 Å². The van der Waals surface area contributed by atoms with Gasteiger partial charge >= 0.3 is 0 Å². The van der Waals surface area contributed by atoms with Gasteiger partial charge in [0.25, 0.3) is 0 Å². The molecular weight excluding hydrogens is 130 g/mol. The molecule has 10 heavy (non-hydrogen) atoms. The van der Waals surface area contributed by atoms with Crippen LogP contribution < -0.4 is 6.15 Å². The van der Waals surface area contributed by atoms with Crippen LogP contribution in [0.3, 0.4) is 0 Å². The van der Waals surface area contributed by atoms with E-state index in [0.29, 0.717) is 0 Å². The van der Waals surface area contributed by atoms with Crippen LogP contribution in [0, 0.1) is 6.92 Å². The lowest BCUT2D eigenvalue weighted by Gasteiger charge is -1.95. The van der Waals surface area contributed by atoms with Crippen LogP contribution in [0.2, 0.25) is 0 Å². The first-order valence-corrected chi connectivity index (χ1v) is 2.69. The number of hydrogen-bond acceptors (Lipinski definition) is 3. The van der Waals surface area contributed by atoms with Gasteiger partial charge in [-0.3, -0.25) is 0 Å². The quantitative estimate of drug-likeness (QED) is 0.480. The number of phenols is 2. The van der Waals surface area contributed by atoms with Gasteiger partial charge in [-0.05, 0) is 24.6 Å². The Morgan fingerprint density at radius 1 is 1.10 bits per heavy atom. The maximum absolute atomic E-state index is 8.85. The third-order valence-electron chi connectivity index (χ3n) is 1.13. The van der Waals surface area contributed by atoms with Crippen LogP contribution >= 0.6 is 0 Å². The highest BCUT2D eigenvalue weighted by atomic mass is 16.3. The molecule has 0 heterocycles. The molecule has 0 aromatic heterocycles. The molecule has 0 amide bonds. The van der Waals surface area contributed by atoms with Crippen LogP contribution in [0.4, 0.5) is 0 Å². The van der Waals surface area contributed by atoms with E-state index in [1.807, 2.05) is 6.92 Å². The molecule has 0 saturated carbocycles. The summed E-state index contributed by atoms with van der Waals surface area (Å²) in [4.78, 5) is 0. The molecule has 56 valence electrons. The van der Waals surface area contributed by atoms with Gasteiger partial charge in [0.2, 0.25) is 0 Å². The molecule has 0 unspecified atom stereocenters. The maximum Gasteiger partial charge on any atom is 0.157 e. The SMILES string of the molecule is Cc1ccc(O)c(O)c1.N. The van der Waals surface area contributed by atoms with E-state index in [-0.39, 0.29) is 17.6 Å². The van der Waals surface area contributed by atoms with Crippen molar-refractivity contribution in [2.75, 3.05) is 0 Å². The summed E-state index contributed by atoms with van der Waals surface area (Å²) in [5, 5.41) is 17.6. The largest absolute Gasteiger partial charge is 0.504 e. The Balaban J connectivity index is 0.000000810. The number of benzene rings is 1. The minimum atomic E-state index is -0.0689. The lowest BCUT2D eigenvalue weighted by Crippen LogP contribution is -1.70. The van der Waals surface area contributed by atoms with Gasteiger partial charge in [-0.15, -0.1) is 0 Å².